The number of aromatic nitrogens is 1. The van der Waals surface area contributed by atoms with Gasteiger partial charge in [-0.15, -0.1) is 0 Å². The molecule has 1 saturated carbocycles. The van der Waals surface area contributed by atoms with Gasteiger partial charge in [0.1, 0.15) is 5.82 Å². The number of amides is 1. The number of pyridine rings is 1. The molecule has 8 heteroatoms. The Morgan fingerprint density at radius 2 is 1.85 bits per heavy atom. The number of anilines is 2. The molecule has 0 radical (unpaired) electrons. The van der Waals surface area contributed by atoms with Crippen molar-refractivity contribution >= 4 is 34.0 Å². The molecule has 2 N–H and O–H groups in total. The Kier molecular flexibility index (Phi) is 6.95. The number of rotatable bonds is 7. The third kappa shape index (κ3) is 5.27. The van der Waals surface area contributed by atoms with Crippen LogP contribution in [0.15, 0.2) is 48.5 Å². The largest absolute Gasteiger partial charge is 0.377 e. The van der Waals surface area contributed by atoms with Crippen LogP contribution in [0.3, 0.4) is 0 Å². The van der Waals surface area contributed by atoms with Crippen LogP contribution in [0.2, 0.25) is 0 Å². The molecule has 178 valence electrons. The lowest BCUT2D eigenvalue weighted by molar-refractivity contribution is -0.385. The van der Waals surface area contributed by atoms with Crippen LogP contribution in [0.5, 0.6) is 0 Å². The molecule has 0 bridgehead atoms. The summed E-state index contributed by atoms with van der Waals surface area (Å²) in [6.45, 7) is 2.24. The van der Waals surface area contributed by atoms with Crippen LogP contribution in [-0.4, -0.2) is 42.5 Å². The Bertz CT molecular complexity index is 1200. The first kappa shape index (κ1) is 23.5. The lowest BCUT2D eigenvalue weighted by Crippen LogP contribution is -2.34. The van der Waals surface area contributed by atoms with Gasteiger partial charge in [-0.2, -0.15) is 0 Å². The minimum Gasteiger partial charge on any atom is -0.377 e. The normalized spacial score (nSPS) is 17.9. The van der Waals surface area contributed by atoms with E-state index in [0.29, 0.717) is 29.6 Å². The van der Waals surface area contributed by atoms with Gasteiger partial charge in [0.2, 0.25) is 0 Å². The van der Waals surface area contributed by atoms with Crippen LogP contribution in [-0.2, 0) is 0 Å². The van der Waals surface area contributed by atoms with E-state index in [1.54, 1.807) is 19.1 Å². The lowest BCUT2D eigenvalue weighted by atomic mass is 9.86. The van der Waals surface area contributed by atoms with E-state index >= 15 is 0 Å². The summed E-state index contributed by atoms with van der Waals surface area (Å²) in [5.74, 6) is 1.02. The average Bonchev–Trinajstić information content (AvgIpc) is 2.83. The number of hydrogen-bond donors (Lipinski definition) is 2. The summed E-state index contributed by atoms with van der Waals surface area (Å²) < 4.78 is 0. The molecule has 1 fully saturated rings. The smallest absolute Gasteiger partial charge is 0.273 e. The van der Waals surface area contributed by atoms with E-state index in [-0.39, 0.29) is 11.6 Å². The molecule has 1 heterocycles. The SMILES string of the molecule is Cc1ccc(C(=O)NC[C@H]2CC[C@@H](Nc3cc(N(C)C)c4ccccc4n3)CC2)cc1[N+](=O)[O-]. The first-order valence-corrected chi connectivity index (χ1v) is 11.7. The van der Waals surface area contributed by atoms with Crippen molar-refractivity contribution in [2.45, 2.75) is 38.6 Å². The third-order valence-corrected chi connectivity index (χ3v) is 6.59. The zero-order valence-corrected chi connectivity index (χ0v) is 19.9. The first-order valence-electron chi connectivity index (χ1n) is 11.7. The topological polar surface area (TPSA) is 100 Å². The van der Waals surface area contributed by atoms with E-state index in [1.807, 2.05) is 32.3 Å². The monoisotopic (exact) mass is 461 g/mol. The maximum Gasteiger partial charge on any atom is 0.273 e. The van der Waals surface area contributed by atoms with E-state index in [2.05, 4.69) is 27.7 Å². The number of aryl methyl sites for hydroxylation is 1. The number of para-hydroxylation sites is 1. The van der Waals surface area contributed by atoms with Gasteiger partial charge < -0.3 is 15.5 Å². The fourth-order valence-corrected chi connectivity index (χ4v) is 4.61. The molecule has 1 aromatic heterocycles. The maximum atomic E-state index is 12.5. The number of carbonyl (C=O) groups excluding carboxylic acids is 1. The number of nitrogens with one attached hydrogen (secondary N) is 2. The fourth-order valence-electron chi connectivity index (χ4n) is 4.61. The van der Waals surface area contributed by atoms with Crippen LogP contribution in [0.25, 0.3) is 10.9 Å². The van der Waals surface area contributed by atoms with Crippen LogP contribution < -0.4 is 15.5 Å². The summed E-state index contributed by atoms with van der Waals surface area (Å²) >= 11 is 0. The Hall–Kier alpha value is -3.68. The maximum absolute atomic E-state index is 12.5. The van der Waals surface area contributed by atoms with Gasteiger partial charge in [0, 0.05) is 61.0 Å². The second kappa shape index (κ2) is 10.1. The highest BCUT2D eigenvalue weighted by Crippen LogP contribution is 2.30. The van der Waals surface area contributed by atoms with Crippen molar-refractivity contribution < 1.29 is 9.72 Å². The van der Waals surface area contributed by atoms with Crippen molar-refractivity contribution in [3.63, 3.8) is 0 Å². The van der Waals surface area contributed by atoms with Crippen LogP contribution in [0, 0.1) is 23.0 Å². The molecule has 1 aliphatic rings. The Balaban J connectivity index is 1.31. The molecule has 3 aromatic rings. The Morgan fingerprint density at radius 1 is 1.12 bits per heavy atom. The number of nitro groups is 1. The van der Waals surface area contributed by atoms with Crippen LogP contribution in [0.1, 0.15) is 41.6 Å². The van der Waals surface area contributed by atoms with Crippen molar-refractivity contribution in [1.82, 2.24) is 10.3 Å². The van der Waals surface area contributed by atoms with Gasteiger partial charge in [-0.3, -0.25) is 14.9 Å². The summed E-state index contributed by atoms with van der Waals surface area (Å²) in [7, 11) is 4.08. The number of nitrogens with zero attached hydrogens (tertiary/aromatic N) is 3. The summed E-state index contributed by atoms with van der Waals surface area (Å²) in [6.07, 6.45) is 4.00. The lowest BCUT2D eigenvalue weighted by Gasteiger charge is -2.30. The number of nitro benzene ring substituents is 1. The summed E-state index contributed by atoms with van der Waals surface area (Å²) in [5.41, 5.74) is 2.96. The van der Waals surface area contributed by atoms with Crippen molar-refractivity contribution in [3.05, 3.63) is 69.8 Å². The van der Waals surface area contributed by atoms with Crippen LogP contribution >= 0.6 is 0 Å². The molecular formula is C26H31N5O3. The van der Waals surface area contributed by atoms with E-state index in [9.17, 15) is 14.9 Å². The molecule has 0 saturated heterocycles. The van der Waals surface area contributed by atoms with Crippen molar-refractivity contribution in [3.8, 4) is 0 Å². The van der Waals surface area contributed by atoms with E-state index in [0.717, 1.165) is 48.1 Å². The standard InChI is InChI=1S/C26H31N5O3/c1-17-8-11-19(14-23(17)31(33)34)26(32)27-16-18-9-12-20(13-10-18)28-25-15-24(30(2)3)21-6-4-5-7-22(21)29-25/h4-8,11,14-15,18,20H,9-10,12-13,16H2,1-3H3,(H,27,32)(H,28,29)/t18-,20+. The van der Waals surface area contributed by atoms with Gasteiger partial charge in [0.25, 0.3) is 11.6 Å². The molecule has 1 aliphatic carbocycles. The quantitative estimate of drug-likeness (QED) is 0.383. The predicted octanol–water partition coefficient (Wildman–Crippen LogP) is 4.92. The highest BCUT2D eigenvalue weighted by molar-refractivity contribution is 5.95. The van der Waals surface area contributed by atoms with Crippen molar-refractivity contribution in [2.75, 3.05) is 30.9 Å². The number of hydrogen-bond acceptors (Lipinski definition) is 6. The van der Waals surface area contributed by atoms with E-state index < -0.39 is 4.92 Å². The third-order valence-electron chi connectivity index (χ3n) is 6.59. The van der Waals surface area contributed by atoms with Crippen LogP contribution in [0.4, 0.5) is 17.2 Å². The molecule has 0 aliphatic heterocycles. The molecule has 0 unspecified atom stereocenters. The highest BCUT2D eigenvalue weighted by atomic mass is 16.6. The van der Waals surface area contributed by atoms with Gasteiger partial charge >= 0.3 is 0 Å². The molecule has 0 atom stereocenters. The van der Waals surface area contributed by atoms with Gasteiger partial charge in [0.05, 0.1) is 10.4 Å². The molecule has 34 heavy (non-hydrogen) atoms. The Morgan fingerprint density at radius 3 is 2.56 bits per heavy atom. The van der Waals surface area contributed by atoms with Gasteiger partial charge in [-0.1, -0.05) is 24.3 Å². The Labute approximate surface area is 199 Å². The fraction of sp³-hybridized carbons (Fsp3) is 0.385. The summed E-state index contributed by atoms with van der Waals surface area (Å²) in [4.78, 5) is 30.1. The summed E-state index contributed by atoms with van der Waals surface area (Å²) in [5, 5.41) is 18.8. The molecule has 4 rings (SSSR count). The first-order chi connectivity index (χ1) is 16.3. The molecule has 2 aromatic carbocycles. The minimum atomic E-state index is -0.452. The van der Waals surface area contributed by atoms with Gasteiger partial charge in [-0.05, 0) is 50.7 Å². The second-order valence-corrected chi connectivity index (χ2v) is 9.27. The molecule has 0 spiro atoms. The van der Waals surface area contributed by atoms with Gasteiger partial charge in [-0.25, -0.2) is 4.98 Å². The second-order valence-electron chi connectivity index (χ2n) is 9.27. The number of benzene rings is 2. The van der Waals surface area contributed by atoms with Crippen molar-refractivity contribution in [1.29, 1.82) is 0 Å². The average molecular weight is 462 g/mol. The number of fused-ring (bicyclic) bond motifs is 1. The molecular weight excluding hydrogens is 430 g/mol. The summed E-state index contributed by atoms with van der Waals surface area (Å²) in [6, 6.07) is 15.2. The minimum absolute atomic E-state index is 0.0287. The highest BCUT2D eigenvalue weighted by Gasteiger charge is 2.23. The predicted molar refractivity (Wildman–Crippen MR) is 136 cm³/mol. The number of carbonyl (C=O) groups is 1. The molecule has 1 amide bonds. The zero-order chi connectivity index (χ0) is 24.2. The van der Waals surface area contributed by atoms with E-state index in [1.165, 1.54) is 6.07 Å². The van der Waals surface area contributed by atoms with E-state index in [4.69, 9.17) is 4.98 Å². The zero-order valence-electron chi connectivity index (χ0n) is 19.9. The van der Waals surface area contributed by atoms with Gasteiger partial charge in [0.15, 0.2) is 0 Å². The van der Waals surface area contributed by atoms with Crippen molar-refractivity contribution in [2.24, 2.45) is 5.92 Å². The molecule has 8 nitrogen and oxygen atoms in total.